The molecule has 0 spiro atoms. The fraction of sp³-hybridized carbons (Fsp3) is 0.500. The fourth-order valence-electron chi connectivity index (χ4n) is 3.49. The van der Waals surface area contributed by atoms with Gasteiger partial charge in [-0.3, -0.25) is 4.79 Å². The van der Waals surface area contributed by atoms with Crippen molar-refractivity contribution in [3.8, 4) is 0 Å². The topological polar surface area (TPSA) is 67.4 Å². The SMILES string of the molecule is O=C(Nc1ccc2c(N3CCCCC3)ncnc2c1)[C@@H]1CCCO1. The summed E-state index contributed by atoms with van der Waals surface area (Å²) < 4.78 is 5.43. The third-order valence-corrected chi connectivity index (χ3v) is 4.76. The summed E-state index contributed by atoms with van der Waals surface area (Å²) in [6.07, 6.45) is 6.73. The Bertz CT molecular complexity index is 737. The number of rotatable bonds is 3. The van der Waals surface area contributed by atoms with Crippen LogP contribution in [0.5, 0.6) is 0 Å². The van der Waals surface area contributed by atoms with E-state index in [0.717, 1.165) is 48.3 Å². The molecule has 1 aromatic carbocycles. The lowest BCUT2D eigenvalue weighted by Gasteiger charge is -2.28. The average molecular weight is 326 g/mol. The highest BCUT2D eigenvalue weighted by Gasteiger charge is 2.23. The van der Waals surface area contributed by atoms with Gasteiger partial charge < -0.3 is 15.0 Å². The van der Waals surface area contributed by atoms with E-state index in [9.17, 15) is 4.79 Å². The summed E-state index contributed by atoms with van der Waals surface area (Å²) in [5, 5.41) is 3.97. The van der Waals surface area contributed by atoms with Gasteiger partial charge in [-0.25, -0.2) is 9.97 Å². The molecule has 24 heavy (non-hydrogen) atoms. The lowest BCUT2D eigenvalue weighted by molar-refractivity contribution is -0.124. The van der Waals surface area contributed by atoms with Gasteiger partial charge in [-0.1, -0.05) is 0 Å². The summed E-state index contributed by atoms with van der Waals surface area (Å²) in [4.78, 5) is 23.4. The van der Waals surface area contributed by atoms with Gasteiger partial charge in [-0.15, -0.1) is 0 Å². The molecule has 2 aliphatic heterocycles. The molecule has 6 nitrogen and oxygen atoms in total. The first-order valence-electron chi connectivity index (χ1n) is 8.73. The van der Waals surface area contributed by atoms with Gasteiger partial charge >= 0.3 is 0 Å². The molecular formula is C18H22N4O2. The van der Waals surface area contributed by atoms with E-state index in [1.165, 1.54) is 19.3 Å². The van der Waals surface area contributed by atoms with E-state index in [1.807, 2.05) is 18.2 Å². The fourth-order valence-corrected chi connectivity index (χ4v) is 3.49. The van der Waals surface area contributed by atoms with Gasteiger partial charge in [0.25, 0.3) is 5.91 Å². The van der Waals surface area contributed by atoms with Crippen molar-refractivity contribution in [2.45, 2.75) is 38.2 Å². The highest BCUT2D eigenvalue weighted by Crippen LogP contribution is 2.27. The zero-order valence-corrected chi connectivity index (χ0v) is 13.7. The van der Waals surface area contributed by atoms with Crippen molar-refractivity contribution >= 4 is 28.3 Å². The van der Waals surface area contributed by atoms with E-state index < -0.39 is 0 Å². The number of anilines is 2. The molecule has 0 aliphatic carbocycles. The molecule has 2 saturated heterocycles. The molecule has 0 radical (unpaired) electrons. The zero-order valence-electron chi connectivity index (χ0n) is 13.7. The second-order valence-electron chi connectivity index (χ2n) is 6.47. The Labute approximate surface area is 141 Å². The predicted octanol–water partition coefficient (Wildman–Crippen LogP) is 2.74. The summed E-state index contributed by atoms with van der Waals surface area (Å²) in [6.45, 7) is 2.76. The van der Waals surface area contributed by atoms with Crippen molar-refractivity contribution in [3.63, 3.8) is 0 Å². The number of carbonyl (C=O) groups excluding carboxylic acids is 1. The first-order chi connectivity index (χ1) is 11.8. The third kappa shape index (κ3) is 3.06. The molecule has 126 valence electrons. The summed E-state index contributed by atoms with van der Waals surface area (Å²) in [7, 11) is 0. The van der Waals surface area contributed by atoms with Crippen molar-refractivity contribution in [1.82, 2.24) is 9.97 Å². The van der Waals surface area contributed by atoms with Crippen LogP contribution in [0.3, 0.4) is 0 Å². The predicted molar refractivity (Wildman–Crippen MR) is 93.2 cm³/mol. The first kappa shape index (κ1) is 15.3. The molecule has 0 saturated carbocycles. The molecule has 1 amide bonds. The Balaban J connectivity index is 1.58. The molecular weight excluding hydrogens is 304 g/mol. The number of nitrogens with zero attached hydrogens (tertiary/aromatic N) is 3. The van der Waals surface area contributed by atoms with Crippen LogP contribution in [0.15, 0.2) is 24.5 Å². The van der Waals surface area contributed by atoms with Crippen LogP contribution in [0.4, 0.5) is 11.5 Å². The van der Waals surface area contributed by atoms with Crippen LogP contribution < -0.4 is 10.2 Å². The summed E-state index contributed by atoms with van der Waals surface area (Å²) >= 11 is 0. The monoisotopic (exact) mass is 326 g/mol. The molecule has 2 aliphatic rings. The van der Waals surface area contributed by atoms with E-state index in [4.69, 9.17) is 4.74 Å². The normalized spacial score (nSPS) is 21.2. The number of hydrogen-bond acceptors (Lipinski definition) is 5. The van der Waals surface area contributed by atoms with Crippen molar-refractivity contribution in [2.75, 3.05) is 29.9 Å². The van der Waals surface area contributed by atoms with E-state index in [1.54, 1.807) is 6.33 Å². The Hall–Kier alpha value is -2.21. The molecule has 3 heterocycles. The standard InChI is InChI=1S/C18H22N4O2/c23-18(16-5-4-10-24-16)21-13-6-7-14-15(11-13)19-12-20-17(14)22-8-2-1-3-9-22/h6-7,11-12,16H,1-5,8-10H2,(H,21,23)/t16-/m0/s1. The van der Waals surface area contributed by atoms with E-state index in [2.05, 4.69) is 20.2 Å². The number of piperidine rings is 1. The van der Waals surface area contributed by atoms with Crippen LogP contribution >= 0.6 is 0 Å². The highest BCUT2D eigenvalue weighted by atomic mass is 16.5. The molecule has 1 atom stereocenters. The second-order valence-corrected chi connectivity index (χ2v) is 6.47. The second kappa shape index (κ2) is 6.73. The van der Waals surface area contributed by atoms with Crippen molar-refractivity contribution in [1.29, 1.82) is 0 Å². The van der Waals surface area contributed by atoms with E-state index >= 15 is 0 Å². The molecule has 4 rings (SSSR count). The summed E-state index contributed by atoms with van der Waals surface area (Å²) in [5.74, 6) is 0.925. The maximum absolute atomic E-state index is 12.2. The molecule has 0 unspecified atom stereocenters. The number of benzene rings is 1. The first-order valence-corrected chi connectivity index (χ1v) is 8.73. The maximum Gasteiger partial charge on any atom is 0.253 e. The van der Waals surface area contributed by atoms with Crippen LogP contribution in [0.25, 0.3) is 10.9 Å². The molecule has 6 heteroatoms. The number of nitrogens with one attached hydrogen (secondary N) is 1. The van der Waals surface area contributed by atoms with Crippen LogP contribution in [0.2, 0.25) is 0 Å². The van der Waals surface area contributed by atoms with Crippen molar-refractivity contribution < 1.29 is 9.53 Å². The van der Waals surface area contributed by atoms with Gasteiger partial charge in [0.15, 0.2) is 0 Å². The maximum atomic E-state index is 12.2. The lowest BCUT2D eigenvalue weighted by Crippen LogP contribution is -2.30. The van der Waals surface area contributed by atoms with Gasteiger partial charge in [0.05, 0.1) is 5.52 Å². The van der Waals surface area contributed by atoms with E-state index in [-0.39, 0.29) is 12.0 Å². The molecule has 2 fully saturated rings. The lowest BCUT2D eigenvalue weighted by atomic mass is 10.1. The van der Waals surface area contributed by atoms with Gasteiger partial charge in [0, 0.05) is 30.8 Å². The minimum atomic E-state index is -0.324. The van der Waals surface area contributed by atoms with Crippen molar-refractivity contribution in [3.05, 3.63) is 24.5 Å². The average Bonchev–Trinajstić information content (AvgIpc) is 3.16. The summed E-state index contributed by atoms with van der Waals surface area (Å²) in [5.41, 5.74) is 1.61. The number of carbonyl (C=O) groups is 1. The van der Waals surface area contributed by atoms with Gasteiger partial charge in [0.1, 0.15) is 18.2 Å². The Morgan fingerprint density at radius 3 is 2.83 bits per heavy atom. The van der Waals surface area contributed by atoms with Gasteiger partial charge in [-0.05, 0) is 50.3 Å². The third-order valence-electron chi connectivity index (χ3n) is 4.76. The molecule has 1 aromatic heterocycles. The largest absolute Gasteiger partial charge is 0.368 e. The Kier molecular flexibility index (Phi) is 4.30. The highest BCUT2D eigenvalue weighted by molar-refractivity contribution is 5.98. The summed E-state index contributed by atoms with van der Waals surface area (Å²) in [6, 6.07) is 5.84. The van der Waals surface area contributed by atoms with E-state index in [0.29, 0.717) is 6.61 Å². The van der Waals surface area contributed by atoms with Crippen LogP contribution in [-0.2, 0) is 9.53 Å². The molecule has 1 N–H and O–H groups in total. The molecule has 0 bridgehead atoms. The van der Waals surface area contributed by atoms with Crippen LogP contribution in [0.1, 0.15) is 32.1 Å². The number of fused-ring (bicyclic) bond motifs is 1. The number of hydrogen-bond donors (Lipinski definition) is 1. The zero-order chi connectivity index (χ0) is 16.4. The minimum Gasteiger partial charge on any atom is -0.368 e. The van der Waals surface area contributed by atoms with Crippen molar-refractivity contribution in [2.24, 2.45) is 0 Å². The van der Waals surface area contributed by atoms with Crippen LogP contribution in [0, 0.1) is 0 Å². The number of amides is 1. The molecule has 2 aromatic rings. The minimum absolute atomic E-state index is 0.0721. The van der Waals surface area contributed by atoms with Crippen LogP contribution in [-0.4, -0.2) is 41.7 Å². The Morgan fingerprint density at radius 2 is 2.04 bits per heavy atom. The Morgan fingerprint density at radius 1 is 1.17 bits per heavy atom. The smallest absolute Gasteiger partial charge is 0.253 e. The quantitative estimate of drug-likeness (QED) is 0.939. The number of aromatic nitrogens is 2. The van der Waals surface area contributed by atoms with Gasteiger partial charge in [-0.2, -0.15) is 0 Å². The van der Waals surface area contributed by atoms with Gasteiger partial charge in [0.2, 0.25) is 0 Å². The number of ether oxygens (including phenoxy) is 1.